The third kappa shape index (κ3) is 2.07. The summed E-state index contributed by atoms with van der Waals surface area (Å²) in [7, 11) is 0. The Morgan fingerprint density at radius 2 is 2.19 bits per heavy atom. The summed E-state index contributed by atoms with van der Waals surface area (Å²) in [5.41, 5.74) is 1.56. The second-order valence-corrected chi connectivity index (χ2v) is 4.35. The highest BCUT2D eigenvalue weighted by Gasteiger charge is 2.26. The first-order chi connectivity index (χ1) is 7.58. The lowest BCUT2D eigenvalue weighted by Crippen LogP contribution is -2.19. The van der Waals surface area contributed by atoms with Crippen molar-refractivity contribution in [2.75, 3.05) is 5.01 Å². The molecule has 0 spiro atoms. The molecule has 0 aromatic carbocycles. The standard InChI is InChI=1S/C11H12ClN3O/c1-7(2)9-5-11(16)15(14-9)8-3-4-10(12)13-6-8/h3-4,6-7H,5H2,1-2H3. The normalized spacial score (nSPS) is 15.9. The fourth-order valence-electron chi connectivity index (χ4n) is 1.46. The summed E-state index contributed by atoms with van der Waals surface area (Å²) in [4.78, 5) is 15.7. The molecule has 0 saturated carbocycles. The lowest BCUT2D eigenvalue weighted by atomic mass is 10.1. The molecule has 1 aliphatic heterocycles. The van der Waals surface area contributed by atoms with E-state index in [0.717, 1.165) is 5.71 Å². The van der Waals surface area contributed by atoms with Crippen molar-refractivity contribution < 1.29 is 4.79 Å². The van der Waals surface area contributed by atoms with Gasteiger partial charge in [0.2, 0.25) is 0 Å². The van der Waals surface area contributed by atoms with Crippen LogP contribution in [0.25, 0.3) is 0 Å². The zero-order valence-corrected chi connectivity index (χ0v) is 9.90. The van der Waals surface area contributed by atoms with E-state index >= 15 is 0 Å². The first kappa shape index (κ1) is 11.1. The minimum absolute atomic E-state index is 0.0205. The molecule has 16 heavy (non-hydrogen) atoms. The molecule has 0 radical (unpaired) electrons. The third-order valence-electron chi connectivity index (χ3n) is 2.42. The summed E-state index contributed by atoms with van der Waals surface area (Å²) in [6.45, 7) is 4.05. The molecule has 1 aliphatic rings. The molecular weight excluding hydrogens is 226 g/mol. The summed E-state index contributed by atoms with van der Waals surface area (Å²) in [5.74, 6) is 0.266. The molecule has 0 fully saturated rings. The number of hydrazone groups is 1. The molecule has 2 rings (SSSR count). The van der Waals surface area contributed by atoms with E-state index < -0.39 is 0 Å². The van der Waals surface area contributed by atoms with Crippen molar-refractivity contribution in [1.29, 1.82) is 0 Å². The van der Waals surface area contributed by atoms with Crippen LogP contribution in [0.5, 0.6) is 0 Å². The summed E-state index contributed by atoms with van der Waals surface area (Å²) < 4.78 is 0. The van der Waals surface area contributed by atoms with Crippen molar-refractivity contribution in [3.63, 3.8) is 0 Å². The molecule has 5 heteroatoms. The van der Waals surface area contributed by atoms with E-state index in [2.05, 4.69) is 10.1 Å². The number of anilines is 1. The minimum atomic E-state index is -0.0205. The van der Waals surface area contributed by atoms with E-state index in [0.29, 0.717) is 17.3 Å². The van der Waals surface area contributed by atoms with Crippen LogP contribution in [0.1, 0.15) is 20.3 Å². The molecule has 0 atom stereocenters. The number of amides is 1. The first-order valence-electron chi connectivity index (χ1n) is 5.10. The van der Waals surface area contributed by atoms with Gasteiger partial charge in [-0.2, -0.15) is 10.1 Å². The van der Waals surface area contributed by atoms with E-state index in [-0.39, 0.29) is 11.8 Å². The van der Waals surface area contributed by atoms with Gasteiger partial charge in [-0.1, -0.05) is 25.4 Å². The van der Waals surface area contributed by atoms with Crippen molar-refractivity contribution in [1.82, 2.24) is 4.98 Å². The molecule has 0 saturated heterocycles. The number of carbonyl (C=O) groups is 1. The number of halogens is 1. The predicted molar refractivity (Wildman–Crippen MR) is 63.6 cm³/mol. The van der Waals surface area contributed by atoms with Gasteiger partial charge in [0, 0.05) is 0 Å². The summed E-state index contributed by atoms with van der Waals surface area (Å²) in [6, 6.07) is 3.38. The molecule has 1 amide bonds. The van der Waals surface area contributed by atoms with Gasteiger partial charge >= 0.3 is 0 Å². The topological polar surface area (TPSA) is 45.6 Å². The molecule has 2 heterocycles. The predicted octanol–water partition coefficient (Wildman–Crippen LogP) is 2.48. The molecule has 0 N–H and O–H groups in total. The van der Waals surface area contributed by atoms with E-state index in [4.69, 9.17) is 11.6 Å². The van der Waals surface area contributed by atoms with Crippen LogP contribution in [-0.2, 0) is 4.79 Å². The number of rotatable bonds is 2. The Labute approximate surface area is 98.9 Å². The molecule has 0 unspecified atom stereocenters. The maximum absolute atomic E-state index is 11.7. The molecule has 4 nitrogen and oxygen atoms in total. The fraction of sp³-hybridized carbons (Fsp3) is 0.364. The lowest BCUT2D eigenvalue weighted by molar-refractivity contribution is -0.116. The van der Waals surface area contributed by atoms with Gasteiger partial charge in [-0.3, -0.25) is 4.79 Å². The number of carbonyl (C=O) groups excluding carboxylic acids is 1. The van der Waals surface area contributed by atoms with Gasteiger partial charge in [-0.15, -0.1) is 0 Å². The van der Waals surface area contributed by atoms with Gasteiger partial charge in [0.25, 0.3) is 5.91 Å². The number of hydrogen-bond donors (Lipinski definition) is 0. The molecule has 0 aliphatic carbocycles. The molecule has 1 aromatic rings. The Morgan fingerprint density at radius 1 is 1.44 bits per heavy atom. The lowest BCUT2D eigenvalue weighted by Gasteiger charge is -2.10. The van der Waals surface area contributed by atoms with Crippen molar-refractivity contribution in [2.24, 2.45) is 11.0 Å². The van der Waals surface area contributed by atoms with Gasteiger partial charge in [0.05, 0.1) is 24.0 Å². The van der Waals surface area contributed by atoms with Crippen LogP contribution < -0.4 is 5.01 Å². The number of nitrogens with zero attached hydrogens (tertiary/aromatic N) is 3. The SMILES string of the molecule is CC(C)C1=NN(c2ccc(Cl)nc2)C(=O)C1. The zero-order valence-electron chi connectivity index (χ0n) is 9.14. The first-order valence-corrected chi connectivity index (χ1v) is 5.47. The Morgan fingerprint density at radius 3 is 2.69 bits per heavy atom. The van der Waals surface area contributed by atoms with Crippen LogP contribution >= 0.6 is 11.6 Å². The fourth-order valence-corrected chi connectivity index (χ4v) is 1.58. The van der Waals surface area contributed by atoms with Crippen molar-refractivity contribution in [3.8, 4) is 0 Å². The average molecular weight is 238 g/mol. The highest BCUT2D eigenvalue weighted by Crippen LogP contribution is 2.22. The van der Waals surface area contributed by atoms with Gasteiger partial charge in [0.15, 0.2) is 0 Å². The van der Waals surface area contributed by atoms with Gasteiger partial charge in [0.1, 0.15) is 5.15 Å². The van der Waals surface area contributed by atoms with Crippen LogP contribution in [0.2, 0.25) is 5.15 Å². The summed E-state index contributed by atoms with van der Waals surface area (Å²) >= 11 is 5.68. The van der Waals surface area contributed by atoms with Crippen LogP contribution in [0.3, 0.4) is 0 Å². The smallest absolute Gasteiger partial charge is 0.253 e. The second-order valence-electron chi connectivity index (χ2n) is 3.97. The van der Waals surface area contributed by atoms with Crippen molar-refractivity contribution in [3.05, 3.63) is 23.5 Å². The second kappa shape index (κ2) is 4.22. The van der Waals surface area contributed by atoms with E-state index in [9.17, 15) is 4.79 Å². The van der Waals surface area contributed by atoms with Crippen LogP contribution in [0.15, 0.2) is 23.4 Å². The molecule has 84 valence electrons. The third-order valence-corrected chi connectivity index (χ3v) is 2.64. The van der Waals surface area contributed by atoms with E-state index in [1.807, 2.05) is 13.8 Å². The maximum Gasteiger partial charge on any atom is 0.253 e. The van der Waals surface area contributed by atoms with Crippen molar-refractivity contribution >= 4 is 28.9 Å². The van der Waals surface area contributed by atoms with Crippen LogP contribution in [-0.4, -0.2) is 16.6 Å². The van der Waals surface area contributed by atoms with Gasteiger partial charge in [-0.05, 0) is 18.1 Å². The largest absolute Gasteiger partial charge is 0.272 e. The molecular formula is C11H12ClN3O. The number of hydrogen-bond acceptors (Lipinski definition) is 3. The Balaban J connectivity index is 2.28. The quantitative estimate of drug-likeness (QED) is 0.742. The van der Waals surface area contributed by atoms with E-state index in [1.54, 1.807) is 18.3 Å². The highest BCUT2D eigenvalue weighted by molar-refractivity contribution is 6.29. The minimum Gasteiger partial charge on any atom is -0.272 e. The summed E-state index contributed by atoms with van der Waals surface area (Å²) in [5, 5.41) is 6.08. The van der Waals surface area contributed by atoms with Crippen molar-refractivity contribution in [2.45, 2.75) is 20.3 Å². The maximum atomic E-state index is 11.7. The van der Waals surface area contributed by atoms with Crippen LogP contribution in [0.4, 0.5) is 5.69 Å². The summed E-state index contributed by atoms with van der Waals surface area (Å²) in [6.07, 6.45) is 1.94. The number of aromatic nitrogens is 1. The molecule has 0 bridgehead atoms. The highest BCUT2D eigenvalue weighted by atomic mass is 35.5. The Bertz CT molecular complexity index is 439. The monoisotopic (exact) mass is 237 g/mol. The zero-order chi connectivity index (χ0) is 11.7. The molecule has 1 aromatic heterocycles. The average Bonchev–Trinajstić information content (AvgIpc) is 2.62. The van der Waals surface area contributed by atoms with Crippen LogP contribution in [0, 0.1) is 5.92 Å². The van der Waals surface area contributed by atoms with E-state index in [1.165, 1.54) is 5.01 Å². The van der Waals surface area contributed by atoms with Gasteiger partial charge < -0.3 is 0 Å². The Hall–Kier alpha value is -1.42. The Kier molecular flexibility index (Phi) is 2.92. The van der Waals surface area contributed by atoms with Gasteiger partial charge in [-0.25, -0.2) is 4.98 Å². The number of pyridine rings is 1.